The number of aromatic nitrogens is 1. The predicted molar refractivity (Wildman–Crippen MR) is 121 cm³/mol. The van der Waals surface area contributed by atoms with Crippen molar-refractivity contribution >= 4 is 29.9 Å². The molecule has 0 aliphatic rings. The van der Waals surface area contributed by atoms with Crippen molar-refractivity contribution in [1.29, 1.82) is 0 Å². The van der Waals surface area contributed by atoms with E-state index >= 15 is 0 Å². The van der Waals surface area contributed by atoms with E-state index < -0.39 is 0 Å². The maximum atomic E-state index is 12.9. The highest BCUT2D eigenvalue weighted by Crippen LogP contribution is 2.12. The maximum absolute atomic E-state index is 12.9. The van der Waals surface area contributed by atoms with Crippen LogP contribution in [0.5, 0.6) is 5.75 Å². The molecule has 0 saturated heterocycles. The summed E-state index contributed by atoms with van der Waals surface area (Å²) in [4.78, 5) is 15.8. The van der Waals surface area contributed by atoms with Gasteiger partial charge in [0.05, 0.1) is 6.54 Å². The van der Waals surface area contributed by atoms with Crippen molar-refractivity contribution in [3.05, 3.63) is 64.8 Å². The Hall–Kier alpha value is -2.10. The summed E-state index contributed by atoms with van der Waals surface area (Å²) >= 11 is 0. The molecule has 2 N–H and O–H groups in total. The van der Waals surface area contributed by atoms with Gasteiger partial charge in [-0.3, -0.25) is 9.79 Å². The van der Waals surface area contributed by atoms with E-state index in [9.17, 15) is 9.18 Å². The summed E-state index contributed by atoms with van der Waals surface area (Å²) in [5.41, 5.74) is 0.0260. The molecule has 1 atom stereocenters. The molecular formula is C20H28FIN4O2. The second-order valence-electron chi connectivity index (χ2n) is 6.20. The Morgan fingerprint density at radius 3 is 2.61 bits per heavy atom. The molecule has 154 valence electrons. The van der Waals surface area contributed by atoms with Gasteiger partial charge in [0.15, 0.2) is 5.96 Å². The van der Waals surface area contributed by atoms with Crippen molar-refractivity contribution in [2.45, 2.75) is 32.4 Å². The normalized spacial score (nSPS) is 12.0. The van der Waals surface area contributed by atoms with Crippen LogP contribution < -0.4 is 20.9 Å². The van der Waals surface area contributed by atoms with Crippen molar-refractivity contribution in [3.8, 4) is 5.75 Å². The molecule has 8 heteroatoms. The lowest BCUT2D eigenvalue weighted by molar-refractivity contribution is 0.223. The fraction of sp³-hybridized carbons (Fsp3) is 0.400. The van der Waals surface area contributed by atoms with Gasteiger partial charge in [-0.2, -0.15) is 0 Å². The zero-order chi connectivity index (χ0) is 19.5. The minimum absolute atomic E-state index is 0. The molecule has 1 aromatic carbocycles. The fourth-order valence-corrected chi connectivity index (χ4v) is 2.51. The van der Waals surface area contributed by atoms with Gasteiger partial charge in [-0.1, -0.05) is 6.07 Å². The van der Waals surface area contributed by atoms with E-state index in [0.717, 1.165) is 19.4 Å². The van der Waals surface area contributed by atoms with E-state index in [-0.39, 0.29) is 41.5 Å². The summed E-state index contributed by atoms with van der Waals surface area (Å²) < 4.78 is 20.3. The van der Waals surface area contributed by atoms with Crippen LogP contribution in [0, 0.1) is 5.82 Å². The van der Waals surface area contributed by atoms with Gasteiger partial charge in [0.25, 0.3) is 0 Å². The molecule has 6 nitrogen and oxygen atoms in total. The smallest absolute Gasteiger partial charge is 0.250 e. The minimum Gasteiger partial charge on any atom is -0.489 e. The zero-order valence-electron chi connectivity index (χ0n) is 16.2. The van der Waals surface area contributed by atoms with Crippen LogP contribution in [0.4, 0.5) is 4.39 Å². The van der Waals surface area contributed by atoms with Gasteiger partial charge in [0.2, 0.25) is 5.56 Å². The Bertz CT molecular complexity index is 780. The van der Waals surface area contributed by atoms with Crippen molar-refractivity contribution in [1.82, 2.24) is 15.2 Å². The van der Waals surface area contributed by atoms with Crippen LogP contribution in [0.15, 0.2) is 58.4 Å². The molecular weight excluding hydrogens is 474 g/mol. The average molecular weight is 502 g/mol. The standard InChI is InChI=1S/C20H27FN4O2.HI/c1-16(27-18-10-8-17(21)9-11-18)15-24-20(22-2)23-12-4-6-14-25-13-5-3-7-19(25)26;/h3,5,7-11,13,16H,4,6,12,14-15H2,1-2H3,(H2,22,23,24);1H. The second kappa shape index (κ2) is 13.1. The molecule has 0 spiro atoms. The van der Waals surface area contributed by atoms with Gasteiger partial charge in [-0.25, -0.2) is 4.39 Å². The lowest BCUT2D eigenvalue weighted by atomic mass is 10.3. The van der Waals surface area contributed by atoms with Gasteiger partial charge in [0.1, 0.15) is 17.7 Å². The van der Waals surface area contributed by atoms with Gasteiger partial charge >= 0.3 is 0 Å². The molecule has 1 aromatic heterocycles. The Morgan fingerprint density at radius 2 is 1.93 bits per heavy atom. The van der Waals surface area contributed by atoms with E-state index in [2.05, 4.69) is 15.6 Å². The topological polar surface area (TPSA) is 67.7 Å². The number of benzene rings is 1. The molecule has 0 aliphatic carbocycles. The first-order chi connectivity index (χ1) is 13.1. The number of aliphatic imine (C=N–C) groups is 1. The zero-order valence-corrected chi connectivity index (χ0v) is 18.6. The van der Waals surface area contributed by atoms with Crippen LogP contribution in [-0.4, -0.2) is 36.8 Å². The predicted octanol–water partition coefficient (Wildman–Crippen LogP) is 3.02. The van der Waals surface area contributed by atoms with Crippen molar-refractivity contribution in [3.63, 3.8) is 0 Å². The number of nitrogens with zero attached hydrogens (tertiary/aromatic N) is 2. The van der Waals surface area contributed by atoms with E-state index in [1.165, 1.54) is 12.1 Å². The number of halogens is 2. The molecule has 28 heavy (non-hydrogen) atoms. The first kappa shape index (κ1) is 23.9. The van der Waals surface area contributed by atoms with Gasteiger partial charge in [0, 0.05) is 32.4 Å². The van der Waals surface area contributed by atoms with Crippen LogP contribution >= 0.6 is 24.0 Å². The van der Waals surface area contributed by atoms with Gasteiger partial charge < -0.3 is 19.9 Å². The summed E-state index contributed by atoms with van der Waals surface area (Å²) in [5.74, 6) is 1.04. The Labute approximate surface area is 182 Å². The van der Waals surface area contributed by atoms with Crippen LogP contribution in [0.2, 0.25) is 0 Å². The number of aryl methyl sites for hydroxylation is 1. The Balaban J connectivity index is 0.00000392. The Kier molecular flexibility index (Phi) is 11.2. The number of ether oxygens (including phenoxy) is 1. The van der Waals surface area contributed by atoms with E-state index in [4.69, 9.17) is 4.74 Å². The first-order valence-corrected chi connectivity index (χ1v) is 9.10. The number of hydrogen-bond acceptors (Lipinski definition) is 3. The molecule has 0 saturated carbocycles. The van der Waals surface area contributed by atoms with E-state index in [1.807, 2.05) is 13.0 Å². The van der Waals surface area contributed by atoms with Crippen LogP contribution in [0.1, 0.15) is 19.8 Å². The fourth-order valence-electron chi connectivity index (χ4n) is 2.51. The summed E-state index contributed by atoms with van der Waals surface area (Å²) in [6, 6.07) is 11.1. The SMILES string of the molecule is CN=C(NCCCCn1ccccc1=O)NCC(C)Oc1ccc(F)cc1.I. The molecule has 1 heterocycles. The molecule has 0 amide bonds. The number of unbranched alkanes of at least 4 members (excludes halogenated alkanes) is 1. The van der Waals surface area contributed by atoms with Crippen molar-refractivity contribution in [2.24, 2.45) is 4.99 Å². The van der Waals surface area contributed by atoms with Crippen molar-refractivity contribution in [2.75, 3.05) is 20.1 Å². The van der Waals surface area contributed by atoms with E-state index in [1.54, 1.807) is 42.1 Å². The Morgan fingerprint density at radius 1 is 1.18 bits per heavy atom. The quantitative estimate of drug-likeness (QED) is 0.240. The average Bonchev–Trinajstić information content (AvgIpc) is 2.67. The van der Waals surface area contributed by atoms with Gasteiger partial charge in [-0.05, 0) is 50.1 Å². The molecule has 0 radical (unpaired) electrons. The largest absolute Gasteiger partial charge is 0.489 e. The number of pyridine rings is 1. The van der Waals surface area contributed by atoms with Crippen molar-refractivity contribution < 1.29 is 9.13 Å². The summed E-state index contributed by atoms with van der Waals surface area (Å²) in [6.07, 6.45) is 3.53. The highest BCUT2D eigenvalue weighted by atomic mass is 127. The number of rotatable bonds is 9. The summed E-state index contributed by atoms with van der Waals surface area (Å²) in [6.45, 7) is 3.96. The van der Waals surface area contributed by atoms with Crippen LogP contribution in [-0.2, 0) is 6.54 Å². The van der Waals surface area contributed by atoms with Crippen LogP contribution in [0.25, 0.3) is 0 Å². The third-order valence-electron chi connectivity index (χ3n) is 3.95. The molecule has 1 unspecified atom stereocenters. The lowest BCUT2D eigenvalue weighted by Crippen LogP contribution is -2.42. The number of guanidine groups is 1. The molecule has 2 rings (SSSR count). The summed E-state index contributed by atoms with van der Waals surface area (Å²) in [5, 5.41) is 6.45. The van der Waals surface area contributed by atoms with E-state index in [0.29, 0.717) is 24.8 Å². The lowest BCUT2D eigenvalue weighted by Gasteiger charge is -2.17. The molecule has 0 fully saturated rings. The van der Waals surface area contributed by atoms with Crippen LogP contribution in [0.3, 0.4) is 0 Å². The summed E-state index contributed by atoms with van der Waals surface area (Å²) in [7, 11) is 1.71. The minimum atomic E-state index is -0.283. The highest BCUT2D eigenvalue weighted by molar-refractivity contribution is 14.0. The monoisotopic (exact) mass is 502 g/mol. The van der Waals surface area contributed by atoms with Gasteiger partial charge in [-0.15, -0.1) is 24.0 Å². The highest BCUT2D eigenvalue weighted by Gasteiger charge is 2.06. The first-order valence-electron chi connectivity index (χ1n) is 9.10. The third kappa shape index (κ3) is 8.73. The maximum Gasteiger partial charge on any atom is 0.250 e. The third-order valence-corrected chi connectivity index (χ3v) is 3.95. The number of hydrogen-bond donors (Lipinski definition) is 2. The molecule has 0 bridgehead atoms. The molecule has 0 aliphatic heterocycles. The molecule has 2 aromatic rings. The number of nitrogens with one attached hydrogen (secondary N) is 2. The second-order valence-corrected chi connectivity index (χ2v) is 6.20.